The van der Waals surface area contributed by atoms with Crippen molar-refractivity contribution in [2.24, 2.45) is 0 Å². The van der Waals surface area contributed by atoms with E-state index in [-0.39, 0.29) is 18.3 Å². The summed E-state index contributed by atoms with van der Waals surface area (Å²) >= 11 is 0. The number of imidazole rings is 1. The van der Waals surface area contributed by atoms with Crippen LogP contribution in [0.3, 0.4) is 0 Å². The van der Waals surface area contributed by atoms with Gasteiger partial charge in [0.15, 0.2) is 11.5 Å². The second kappa shape index (κ2) is 4.16. The molecule has 96 valence electrons. The van der Waals surface area contributed by atoms with Gasteiger partial charge in [-0.1, -0.05) is 0 Å². The predicted molar refractivity (Wildman–Crippen MR) is 60.8 cm³/mol. The Balaban J connectivity index is 2.03. The van der Waals surface area contributed by atoms with Crippen LogP contribution < -0.4 is 5.73 Å². The Labute approximate surface area is 102 Å². The van der Waals surface area contributed by atoms with E-state index >= 15 is 0 Å². The Kier molecular flexibility index (Phi) is 2.62. The number of aromatic nitrogens is 4. The Hall–Kier alpha value is -1.77. The van der Waals surface area contributed by atoms with Crippen molar-refractivity contribution in [2.75, 3.05) is 18.9 Å². The van der Waals surface area contributed by atoms with Crippen LogP contribution in [0.2, 0.25) is 0 Å². The van der Waals surface area contributed by atoms with Gasteiger partial charge in [0, 0.05) is 0 Å². The molecule has 0 aromatic carbocycles. The van der Waals surface area contributed by atoms with Gasteiger partial charge in [-0.05, 0) is 0 Å². The fraction of sp³-hybridized carbons (Fsp3) is 0.500. The van der Waals surface area contributed by atoms with Crippen molar-refractivity contribution in [1.29, 1.82) is 0 Å². The first-order valence-electron chi connectivity index (χ1n) is 5.57. The topological polar surface area (TPSA) is 119 Å². The highest BCUT2D eigenvalue weighted by Crippen LogP contribution is 2.30. The van der Waals surface area contributed by atoms with Gasteiger partial charge in [0.1, 0.15) is 12.4 Å². The lowest BCUT2D eigenvalue weighted by Crippen LogP contribution is -2.28. The molecule has 8 nitrogen and oxygen atoms in total. The zero-order chi connectivity index (χ0) is 12.7. The highest BCUT2D eigenvalue weighted by atomic mass is 16.5. The molecule has 3 heterocycles. The molecule has 1 fully saturated rings. The van der Waals surface area contributed by atoms with Gasteiger partial charge in [-0.2, -0.15) is 5.10 Å². The van der Waals surface area contributed by atoms with Gasteiger partial charge in [-0.15, -0.1) is 0 Å². The van der Waals surface area contributed by atoms with Gasteiger partial charge < -0.3 is 20.7 Å². The Morgan fingerprint density at radius 2 is 2.33 bits per heavy atom. The van der Waals surface area contributed by atoms with Crippen LogP contribution in [0.5, 0.6) is 0 Å². The molecule has 0 spiro atoms. The lowest BCUT2D eigenvalue weighted by Gasteiger charge is -2.14. The van der Waals surface area contributed by atoms with Crippen LogP contribution in [0.15, 0.2) is 12.5 Å². The van der Waals surface area contributed by atoms with Gasteiger partial charge in [0.05, 0.1) is 37.1 Å². The number of rotatable bonds is 2. The molecule has 0 saturated carbocycles. The van der Waals surface area contributed by atoms with E-state index in [0.717, 1.165) is 0 Å². The molecule has 1 aliphatic rings. The molecule has 3 rings (SSSR count). The number of aliphatic hydroxyl groups excluding tert-OH is 2. The molecule has 1 unspecified atom stereocenters. The van der Waals surface area contributed by atoms with Crippen molar-refractivity contribution in [3.05, 3.63) is 18.2 Å². The molecule has 1 saturated heterocycles. The highest BCUT2D eigenvalue weighted by molar-refractivity contribution is 5.59. The third-order valence-corrected chi connectivity index (χ3v) is 3.20. The van der Waals surface area contributed by atoms with E-state index < -0.39 is 12.2 Å². The average molecular weight is 251 g/mol. The SMILES string of the molecule is Nc1ncnn2c(C3CO[C@H](CO)[C@H]3O)cnc12. The normalized spacial score (nSPS) is 28.0. The number of fused-ring (bicyclic) bond motifs is 1. The predicted octanol–water partition coefficient (Wildman–Crippen LogP) is -1.46. The number of nitrogens with zero attached hydrogens (tertiary/aromatic N) is 4. The minimum Gasteiger partial charge on any atom is -0.394 e. The summed E-state index contributed by atoms with van der Waals surface area (Å²) in [4.78, 5) is 7.98. The van der Waals surface area contributed by atoms with E-state index in [1.807, 2.05) is 0 Å². The van der Waals surface area contributed by atoms with Crippen molar-refractivity contribution < 1.29 is 14.9 Å². The summed E-state index contributed by atoms with van der Waals surface area (Å²) in [5.74, 6) is -0.00480. The van der Waals surface area contributed by atoms with Crippen molar-refractivity contribution in [2.45, 2.75) is 18.1 Å². The first kappa shape index (κ1) is 11.3. The fourth-order valence-electron chi connectivity index (χ4n) is 2.21. The zero-order valence-electron chi connectivity index (χ0n) is 9.47. The maximum Gasteiger partial charge on any atom is 0.196 e. The molecule has 2 aromatic heterocycles. The smallest absolute Gasteiger partial charge is 0.196 e. The first-order valence-corrected chi connectivity index (χ1v) is 5.57. The number of aliphatic hydroxyl groups is 2. The highest BCUT2D eigenvalue weighted by Gasteiger charge is 2.38. The maximum atomic E-state index is 10.0. The molecule has 1 aliphatic heterocycles. The van der Waals surface area contributed by atoms with E-state index in [0.29, 0.717) is 17.9 Å². The second-order valence-electron chi connectivity index (χ2n) is 4.22. The number of nitrogen functional groups attached to an aromatic ring is 1. The van der Waals surface area contributed by atoms with Crippen LogP contribution >= 0.6 is 0 Å². The number of hydrogen-bond acceptors (Lipinski definition) is 7. The lowest BCUT2D eigenvalue weighted by atomic mass is 9.99. The Bertz CT molecular complexity index is 572. The lowest BCUT2D eigenvalue weighted by molar-refractivity contribution is 0.00316. The first-order chi connectivity index (χ1) is 8.72. The third kappa shape index (κ3) is 1.54. The quantitative estimate of drug-likeness (QED) is 0.597. The number of hydrogen-bond donors (Lipinski definition) is 3. The van der Waals surface area contributed by atoms with Crippen LogP contribution in [0.1, 0.15) is 11.6 Å². The summed E-state index contributed by atoms with van der Waals surface area (Å²) < 4.78 is 6.86. The van der Waals surface area contributed by atoms with Crippen molar-refractivity contribution in [3.8, 4) is 0 Å². The average Bonchev–Trinajstić information content (AvgIpc) is 2.93. The summed E-state index contributed by atoms with van der Waals surface area (Å²) in [7, 11) is 0. The van der Waals surface area contributed by atoms with E-state index in [1.165, 1.54) is 6.33 Å². The molecule has 0 radical (unpaired) electrons. The molecule has 18 heavy (non-hydrogen) atoms. The number of nitrogens with two attached hydrogens (primary N) is 1. The van der Waals surface area contributed by atoms with Gasteiger partial charge in [-0.25, -0.2) is 14.5 Å². The molecule has 2 aromatic rings. The van der Waals surface area contributed by atoms with Crippen molar-refractivity contribution in [1.82, 2.24) is 19.6 Å². The van der Waals surface area contributed by atoms with Gasteiger partial charge in [0.25, 0.3) is 0 Å². The standard InChI is InChI=1S/C10H13N5O3/c11-9-10-12-1-6(15(10)14-4-13-9)5-3-18-7(2-16)8(5)17/h1,4-5,7-8,16-17H,2-3H2,(H2,11,13,14)/t5?,7-,8+/m1/s1. The Morgan fingerprint density at radius 1 is 1.50 bits per heavy atom. The number of anilines is 1. The van der Waals surface area contributed by atoms with Crippen LogP contribution in [0, 0.1) is 0 Å². The number of ether oxygens (including phenoxy) is 1. The van der Waals surface area contributed by atoms with Gasteiger partial charge in [0.2, 0.25) is 0 Å². The minimum absolute atomic E-state index is 0.217. The monoisotopic (exact) mass is 251 g/mol. The van der Waals surface area contributed by atoms with Crippen LogP contribution in [0.4, 0.5) is 5.82 Å². The summed E-state index contributed by atoms with van der Waals surface area (Å²) in [5, 5.41) is 23.2. The Morgan fingerprint density at radius 3 is 3.06 bits per heavy atom. The molecule has 4 N–H and O–H groups in total. The van der Waals surface area contributed by atoms with Gasteiger partial charge >= 0.3 is 0 Å². The fourth-order valence-corrected chi connectivity index (χ4v) is 2.21. The van der Waals surface area contributed by atoms with E-state index in [9.17, 15) is 5.11 Å². The van der Waals surface area contributed by atoms with E-state index in [4.69, 9.17) is 15.6 Å². The van der Waals surface area contributed by atoms with Crippen LogP contribution in [-0.2, 0) is 4.74 Å². The summed E-state index contributed by atoms with van der Waals surface area (Å²) in [6.45, 7) is 0.0929. The molecular formula is C10H13N5O3. The van der Waals surface area contributed by atoms with Crippen LogP contribution in [0.25, 0.3) is 5.65 Å². The molecular weight excluding hydrogens is 238 g/mol. The molecule has 0 aliphatic carbocycles. The van der Waals surface area contributed by atoms with E-state index in [2.05, 4.69) is 15.1 Å². The largest absolute Gasteiger partial charge is 0.394 e. The summed E-state index contributed by atoms with van der Waals surface area (Å²) in [6, 6.07) is 0. The zero-order valence-corrected chi connectivity index (χ0v) is 9.47. The maximum absolute atomic E-state index is 10.0. The van der Waals surface area contributed by atoms with Crippen LogP contribution in [-0.4, -0.2) is 55.2 Å². The minimum atomic E-state index is -0.786. The molecule has 0 bridgehead atoms. The van der Waals surface area contributed by atoms with Crippen molar-refractivity contribution >= 4 is 11.5 Å². The molecule has 3 atom stereocenters. The second-order valence-corrected chi connectivity index (χ2v) is 4.22. The van der Waals surface area contributed by atoms with Gasteiger partial charge in [-0.3, -0.25) is 0 Å². The van der Waals surface area contributed by atoms with E-state index in [1.54, 1.807) is 10.7 Å². The summed E-state index contributed by atoms with van der Waals surface area (Å²) in [6.07, 6.45) is 1.57. The van der Waals surface area contributed by atoms with Crippen molar-refractivity contribution in [3.63, 3.8) is 0 Å². The summed E-state index contributed by atoms with van der Waals surface area (Å²) in [5.41, 5.74) is 6.84. The molecule has 0 amide bonds. The third-order valence-electron chi connectivity index (χ3n) is 3.20. The molecule has 8 heteroatoms.